The van der Waals surface area contributed by atoms with E-state index >= 15 is 0 Å². The predicted octanol–water partition coefficient (Wildman–Crippen LogP) is 4.85. The number of hydrogen-bond donors (Lipinski definition) is 1. The average Bonchev–Trinajstić information content (AvgIpc) is 3.11. The minimum absolute atomic E-state index is 0.0723. The molecule has 0 spiro atoms. The molecule has 0 aliphatic carbocycles. The van der Waals surface area contributed by atoms with Crippen molar-refractivity contribution in [1.82, 2.24) is 4.90 Å². The van der Waals surface area contributed by atoms with Crippen LogP contribution in [-0.4, -0.2) is 22.5 Å². The second-order valence-electron chi connectivity index (χ2n) is 6.75. The summed E-state index contributed by atoms with van der Waals surface area (Å²) < 4.78 is 13.0. The Hall–Kier alpha value is -3.12. The van der Waals surface area contributed by atoms with Gasteiger partial charge in [0.1, 0.15) is 11.2 Å². The van der Waals surface area contributed by atoms with E-state index in [-0.39, 0.29) is 23.0 Å². The standard InChI is InChI=1S/C23H19FN2O2S/c24-19-10-12-20(13-11-19)25-22(28)17-6-8-18(9-7-17)23-26(21(27)15-29-23)14-16-4-2-1-3-5-16/h1-13,23H,14-15H2,(H,25,28)/t23-/m0/s1. The van der Waals surface area contributed by atoms with Crippen molar-refractivity contribution < 1.29 is 14.0 Å². The zero-order valence-electron chi connectivity index (χ0n) is 15.5. The van der Waals surface area contributed by atoms with Crippen LogP contribution in [0.5, 0.6) is 0 Å². The van der Waals surface area contributed by atoms with Gasteiger partial charge in [-0.3, -0.25) is 9.59 Å². The first kappa shape index (κ1) is 19.2. The molecule has 29 heavy (non-hydrogen) atoms. The molecule has 1 N–H and O–H groups in total. The molecule has 1 heterocycles. The molecular weight excluding hydrogens is 387 g/mol. The van der Waals surface area contributed by atoms with Crippen LogP contribution in [0.3, 0.4) is 0 Å². The van der Waals surface area contributed by atoms with Crippen molar-refractivity contribution in [2.24, 2.45) is 0 Å². The number of thioether (sulfide) groups is 1. The third-order valence-corrected chi connectivity index (χ3v) is 5.98. The Labute approximate surface area is 172 Å². The molecule has 6 heteroatoms. The molecule has 4 rings (SSSR count). The molecule has 3 aromatic carbocycles. The fraction of sp³-hybridized carbons (Fsp3) is 0.130. The highest BCUT2D eigenvalue weighted by Gasteiger charge is 2.32. The summed E-state index contributed by atoms with van der Waals surface area (Å²) in [4.78, 5) is 26.7. The Kier molecular flexibility index (Phi) is 5.62. The van der Waals surface area contributed by atoms with E-state index in [0.29, 0.717) is 23.5 Å². The second kappa shape index (κ2) is 8.49. The summed E-state index contributed by atoms with van der Waals surface area (Å²) in [6, 6.07) is 22.8. The molecule has 1 aliphatic heterocycles. The monoisotopic (exact) mass is 406 g/mol. The van der Waals surface area contributed by atoms with Gasteiger partial charge in [0.2, 0.25) is 5.91 Å². The van der Waals surface area contributed by atoms with Crippen molar-refractivity contribution in [3.63, 3.8) is 0 Å². The lowest BCUT2D eigenvalue weighted by atomic mass is 10.1. The van der Waals surface area contributed by atoms with Crippen molar-refractivity contribution in [3.05, 3.63) is 101 Å². The maximum atomic E-state index is 13.0. The Morgan fingerprint density at radius 3 is 2.38 bits per heavy atom. The van der Waals surface area contributed by atoms with E-state index in [2.05, 4.69) is 5.32 Å². The molecule has 3 aromatic rings. The number of carbonyl (C=O) groups is 2. The van der Waals surface area contributed by atoms with Gasteiger partial charge in [-0.05, 0) is 47.5 Å². The first-order valence-corrected chi connectivity index (χ1v) is 10.3. The molecule has 1 fully saturated rings. The van der Waals surface area contributed by atoms with E-state index in [1.54, 1.807) is 23.9 Å². The molecule has 4 nitrogen and oxygen atoms in total. The Morgan fingerprint density at radius 2 is 1.69 bits per heavy atom. The number of hydrogen-bond acceptors (Lipinski definition) is 3. The van der Waals surface area contributed by atoms with Crippen LogP contribution in [0.2, 0.25) is 0 Å². The van der Waals surface area contributed by atoms with Gasteiger partial charge in [-0.2, -0.15) is 0 Å². The number of amides is 2. The predicted molar refractivity (Wildman–Crippen MR) is 113 cm³/mol. The average molecular weight is 406 g/mol. The molecule has 1 aliphatic rings. The number of halogens is 1. The smallest absolute Gasteiger partial charge is 0.255 e. The van der Waals surface area contributed by atoms with E-state index in [1.807, 2.05) is 47.4 Å². The molecule has 0 saturated carbocycles. The highest BCUT2D eigenvalue weighted by Crippen LogP contribution is 2.39. The Morgan fingerprint density at radius 1 is 1.00 bits per heavy atom. The normalized spacial score (nSPS) is 16.1. The molecule has 1 atom stereocenters. The molecule has 0 bridgehead atoms. The van der Waals surface area contributed by atoms with Crippen molar-refractivity contribution in [3.8, 4) is 0 Å². The van der Waals surface area contributed by atoms with Gasteiger partial charge in [0.05, 0.1) is 5.75 Å². The van der Waals surface area contributed by atoms with Crippen LogP contribution in [0, 0.1) is 5.82 Å². The number of anilines is 1. The summed E-state index contributed by atoms with van der Waals surface area (Å²) >= 11 is 1.59. The topological polar surface area (TPSA) is 49.4 Å². The van der Waals surface area contributed by atoms with Crippen LogP contribution in [0.25, 0.3) is 0 Å². The van der Waals surface area contributed by atoms with Crippen molar-refractivity contribution in [1.29, 1.82) is 0 Å². The summed E-state index contributed by atoms with van der Waals surface area (Å²) in [6.07, 6.45) is 0. The maximum absolute atomic E-state index is 13.0. The van der Waals surface area contributed by atoms with E-state index in [0.717, 1.165) is 11.1 Å². The van der Waals surface area contributed by atoms with Gasteiger partial charge >= 0.3 is 0 Å². The number of benzene rings is 3. The summed E-state index contributed by atoms with van der Waals surface area (Å²) in [6.45, 7) is 0.560. The summed E-state index contributed by atoms with van der Waals surface area (Å²) in [5, 5.41) is 2.68. The van der Waals surface area contributed by atoms with Crippen LogP contribution in [0.4, 0.5) is 10.1 Å². The number of nitrogens with one attached hydrogen (secondary N) is 1. The van der Waals surface area contributed by atoms with Crippen LogP contribution < -0.4 is 5.32 Å². The minimum Gasteiger partial charge on any atom is -0.322 e. The van der Waals surface area contributed by atoms with Gasteiger partial charge in [0, 0.05) is 17.8 Å². The van der Waals surface area contributed by atoms with Crippen LogP contribution in [-0.2, 0) is 11.3 Å². The molecule has 0 aromatic heterocycles. The van der Waals surface area contributed by atoms with Gasteiger partial charge in [0.15, 0.2) is 0 Å². The van der Waals surface area contributed by atoms with Crippen LogP contribution in [0.1, 0.15) is 26.9 Å². The van der Waals surface area contributed by atoms with Gasteiger partial charge in [0.25, 0.3) is 5.91 Å². The van der Waals surface area contributed by atoms with Crippen molar-refractivity contribution in [2.75, 3.05) is 11.1 Å². The highest BCUT2D eigenvalue weighted by atomic mass is 32.2. The fourth-order valence-corrected chi connectivity index (χ4v) is 4.40. The van der Waals surface area contributed by atoms with Gasteiger partial charge in [-0.1, -0.05) is 42.5 Å². The summed E-state index contributed by atoms with van der Waals surface area (Å²) in [5.41, 5.74) is 3.10. The lowest BCUT2D eigenvalue weighted by molar-refractivity contribution is -0.128. The SMILES string of the molecule is O=C(Nc1ccc(F)cc1)c1ccc([C@@H]2SCC(=O)N2Cc2ccccc2)cc1. The first-order valence-electron chi connectivity index (χ1n) is 9.22. The second-order valence-corrected chi connectivity index (χ2v) is 7.82. The number of nitrogens with zero attached hydrogens (tertiary/aromatic N) is 1. The maximum Gasteiger partial charge on any atom is 0.255 e. The molecule has 2 amide bonds. The summed E-state index contributed by atoms with van der Waals surface area (Å²) in [5.74, 6) is -0.0536. The molecule has 0 radical (unpaired) electrons. The van der Waals surface area contributed by atoms with Crippen molar-refractivity contribution >= 4 is 29.3 Å². The molecule has 146 valence electrons. The Balaban J connectivity index is 1.47. The van der Waals surface area contributed by atoms with Crippen LogP contribution in [0.15, 0.2) is 78.9 Å². The minimum atomic E-state index is -0.351. The molecule has 1 saturated heterocycles. The quantitative estimate of drug-likeness (QED) is 0.659. The fourth-order valence-electron chi connectivity index (χ4n) is 3.22. The molecule has 0 unspecified atom stereocenters. The van der Waals surface area contributed by atoms with Gasteiger partial charge < -0.3 is 10.2 Å². The van der Waals surface area contributed by atoms with E-state index < -0.39 is 0 Å². The lowest BCUT2D eigenvalue weighted by Crippen LogP contribution is -2.27. The van der Waals surface area contributed by atoms with Gasteiger partial charge in [-0.25, -0.2) is 4.39 Å². The number of rotatable bonds is 5. The highest BCUT2D eigenvalue weighted by molar-refractivity contribution is 8.00. The van der Waals surface area contributed by atoms with E-state index in [1.165, 1.54) is 24.3 Å². The first-order chi connectivity index (χ1) is 14.1. The van der Waals surface area contributed by atoms with E-state index in [4.69, 9.17) is 0 Å². The largest absolute Gasteiger partial charge is 0.322 e. The third-order valence-electron chi connectivity index (χ3n) is 4.72. The molecular formula is C23H19FN2O2S. The lowest BCUT2D eigenvalue weighted by Gasteiger charge is -2.24. The van der Waals surface area contributed by atoms with Gasteiger partial charge in [-0.15, -0.1) is 11.8 Å². The zero-order chi connectivity index (χ0) is 20.2. The Bertz CT molecular complexity index is 1010. The zero-order valence-corrected chi connectivity index (χ0v) is 16.4. The van der Waals surface area contributed by atoms with Crippen molar-refractivity contribution in [2.45, 2.75) is 11.9 Å². The third kappa shape index (κ3) is 4.49. The summed E-state index contributed by atoms with van der Waals surface area (Å²) in [7, 11) is 0. The van der Waals surface area contributed by atoms with E-state index in [9.17, 15) is 14.0 Å². The van der Waals surface area contributed by atoms with Crippen LogP contribution >= 0.6 is 11.8 Å². The number of carbonyl (C=O) groups excluding carboxylic acids is 2.